The van der Waals surface area contributed by atoms with Gasteiger partial charge in [0.25, 0.3) is 0 Å². The molecule has 1 nitrogen and oxygen atoms in total. The summed E-state index contributed by atoms with van der Waals surface area (Å²) in [6.07, 6.45) is 12.6. The molecular formula is C16H27N. The number of hydrogen-bond acceptors (Lipinski definition) is 1. The van der Waals surface area contributed by atoms with Crippen molar-refractivity contribution in [1.82, 2.24) is 0 Å². The fourth-order valence-corrected chi connectivity index (χ4v) is 1.45. The van der Waals surface area contributed by atoms with Crippen LogP contribution >= 0.6 is 0 Å². The van der Waals surface area contributed by atoms with Crippen molar-refractivity contribution in [2.24, 2.45) is 11.8 Å². The van der Waals surface area contributed by atoms with Crippen LogP contribution in [-0.2, 0) is 0 Å². The molecule has 1 heteroatoms. The third-order valence-electron chi connectivity index (χ3n) is 2.79. The molecule has 0 radical (unpaired) electrons. The maximum Gasteiger partial charge on any atom is 0.0339 e. The van der Waals surface area contributed by atoms with Gasteiger partial charge in [0.05, 0.1) is 0 Å². The molecule has 0 saturated heterocycles. The average Bonchev–Trinajstić information content (AvgIpc) is 2.26. The Bertz CT molecular complexity index is 303. The molecule has 0 atom stereocenters. The van der Waals surface area contributed by atoms with Gasteiger partial charge in [0.2, 0.25) is 0 Å². The molecule has 0 bridgehead atoms. The van der Waals surface area contributed by atoms with Gasteiger partial charge in [0.1, 0.15) is 0 Å². The van der Waals surface area contributed by atoms with E-state index in [4.69, 9.17) is 5.41 Å². The molecule has 96 valence electrons. The van der Waals surface area contributed by atoms with Gasteiger partial charge in [-0.3, -0.25) is 0 Å². The highest BCUT2D eigenvalue weighted by Crippen LogP contribution is 2.16. The summed E-state index contributed by atoms with van der Waals surface area (Å²) in [5.41, 5.74) is 2.15. The van der Waals surface area contributed by atoms with Gasteiger partial charge < -0.3 is 5.41 Å². The number of hydrogen-bond donors (Lipinski definition) is 1. The Hall–Kier alpha value is -1.11. The Kier molecular flexibility index (Phi) is 8.39. The first-order chi connectivity index (χ1) is 7.99. The second-order valence-electron chi connectivity index (χ2n) is 4.97. The zero-order chi connectivity index (χ0) is 13.3. The van der Waals surface area contributed by atoms with E-state index in [0.717, 1.165) is 12.8 Å². The zero-order valence-electron chi connectivity index (χ0n) is 12.0. The van der Waals surface area contributed by atoms with Gasteiger partial charge in [-0.1, -0.05) is 57.6 Å². The van der Waals surface area contributed by atoms with Crippen LogP contribution in [0.1, 0.15) is 47.5 Å². The van der Waals surface area contributed by atoms with Crippen LogP contribution in [0.25, 0.3) is 0 Å². The Balaban J connectivity index is 4.44. The highest BCUT2D eigenvalue weighted by atomic mass is 14.4. The van der Waals surface area contributed by atoms with Gasteiger partial charge >= 0.3 is 0 Å². The predicted octanol–water partition coefficient (Wildman–Crippen LogP) is 5.16. The first-order valence-electron chi connectivity index (χ1n) is 6.55. The van der Waals surface area contributed by atoms with Crippen molar-refractivity contribution in [3.63, 3.8) is 0 Å². The van der Waals surface area contributed by atoms with E-state index in [9.17, 15) is 0 Å². The second-order valence-corrected chi connectivity index (χ2v) is 4.97. The highest BCUT2D eigenvalue weighted by Gasteiger charge is 2.01. The minimum Gasteiger partial charge on any atom is -0.305 e. The summed E-state index contributed by atoms with van der Waals surface area (Å²) in [4.78, 5) is 0. The van der Waals surface area contributed by atoms with Crippen LogP contribution < -0.4 is 0 Å². The van der Waals surface area contributed by atoms with Crippen LogP contribution in [0.2, 0.25) is 0 Å². The molecule has 0 fully saturated rings. The molecule has 0 aromatic heterocycles. The molecule has 0 rings (SSSR count). The smallest absolute Gasteiger partial charge is 0.0339 e. The average molecular weight is 233 g/mol. The molecule has 0 aromatic rings. The van der Waals surface area contributed by atoms with Gasteiger partial charge in [0.15, 0.2) is 0 Å². The van der Waals surface area contributed by atoms with Gasteiger partial charge in [-0.2, -0.15) is 0 Å². The SMILES string of the molecule is C/C=C\CC/C(=C\C=C/C(=N)C(C)C)C(C)C. The van der Waals surface area contributed by atoms with Crippen molar-refractivity contribution in [3.8, 4) is 0 Å². The molecule has 0 heterocycles. The van der Waals surface area contributed by atoms with Crippen LogP contribution in [0.15, 0.2) is 36.0 Å². The lowest BCUT2D eigenvalue weighted by Crippen LogP contribution is -2.00. The normalized spacial score (nSPS) is 13.5. The Morgan fingerprint density at radius 2 is 1.76 bits per heavy atom. The molecule has 17 heavy (non-hydrogen) atoms. The zero-order valence-corrected chi connectivity index (χ0v) is 12.0. The van der Waals surface area contributed by atoms with Crippen LogP contribution in [-0.4, -0.2) is 5.71 Å². The summed E-state index contributed by atoms with van der Waals surface area (Å²) < 4.78 is 0. The van der Waals surface area contributed by atoms with Crippen LogP contribution in [0.3, 0.4) is 0 Å². The van der Waals surface area contributed by atoms with Crippen molar-refractivity contribution >= 4 is 5.71 Å². The van der Waals surface area contributed by atoms with E-state index in [1.54, 1.807) is 0 Å². The van der Waals surface area contributed by atoms with Crippen LogP contribution in [0.5, 0.6) is 0 Å². The van der Waals surface area contributed by atoms with E-state index >= 15 is 0 Å². The molecular weight excluding hydrogens is 206 g/mol. The maximum absolute atomic E-state index is 7.74. The molecule has 1 N–H and O–H groups in total. The fraction of sp³-hybridized carbons (Fsp3) is 0.562. The highest BCUT2D eigenvalue weighted by molar-refractivity contribution is 5.93. The van der Waals surface area contributed by atoms with E-state index in [-0.39, 0.29) is 0 Å². The van der Waals surface area contributed by atoms with Crippen molar-refractivity contribution < 1.29 is 0 Å². The Morgan fingerprint density at radius 1 is 1.12 bits per heavy atom. The first-order valence-corrected chi connectivity index (χ1v) is 6.55. The molecule has 0 spiro atoms. The van der Waals surface area contributed by atoms with E-state index in [0.29, 0.717) is 17.5 Å². The van der Waals surface area contributed by atoms with Gasteiger partial charge in [-0.05, 0) is 37.7 Å². The quantitative estimate of drug-likeness (QED) is 0.357. The summed E-state index contributed by atoms with van der Waals surface area (Å²) in [7, 11) is 0. The summed E-state index contributed by atoms with van der Waals surface area (Å²) in [5.74, 6) is 0.892. The summed E-state index contributed by atoms with van der Waals surface area (Å²) in [5, 5.41) is 7.74. The molecule has 0 amide bonds. The topological polar surface area (TPSA) is 23.9 Å². The van der Waals surface area contributed by atoms with Crippen LogP contribution in [0.4, 0.5) is 0 Å². The van der Waals surface area contributed by atoms with Crippen molar-refractivity contribution in [2.75, 3.05) is 0 Å². The lowest BCUT2D eigenvalue weighted by molar-refractivity contribution is 0.715. The van der Waals surface area contributed by atoms with Gasteiger partial charge in [0, 0.05) is 5.71 Å². The van der Waals surface area contributed by atoms with E-state index in [2.05, 4.69) is 39.0 Å². The van der Waals surface area contributed by atoms with Gasteiger partial charge in [-0.15, -0.1) is 0 Å². The van der Waals surface area contributed by atoms with Gasteiger partial charge in [-0.25, -0.2) is 0 Å². The van der Waals surface area contributed by atoms with Crippen molar-refractivity contribution in [3.05, 3.63) is 36.0 Å². The predicted molar refractivity (Wildman–Crippen MR) is 78.7 cm³/mol. The largest absolute Gasteiger partial charge is 0.305 e. The lowest BCUT2D eigenvalue weighted by Gasteiger charge is -2.09. The second kappa shape index (κ2) is 8.98. The summed E-state index contributed by atoms with van der Waals surface area (Å²) in [6.45, 7) is 10.6. The summed E-state index contributed by atoms with van der Waals surface area (Å²) in [6, 6.07) is 0. The Morgan fingerprint density at radius 3 is 2.24 bits per heavy atom. The summed E-state index contributed by atoms with van der Waals surface area (Å²) >= 11 is 0. The minimum absolute atomic E-state index is 0.310. The Labute approximate surface area is 107 Å². The molecule has 0 aliphatic heterocycles. The third-order valence-corrected chi connectivity index (χ3v) is 2.79. The molecule has 0 aromatic carbocycles. The first kappa shape index (κ1) is 15.9. The van der Waals surface area contributed by atoms with E-state index in [1.807, 2.05) is 26.0 Å². The van der Waals surface area contributed by atoms with E-state index < -0.39 is 0 Å². The third kappa shape index (κ3) is 7.73. The van der Waals surface area contributed by atoms with E-state index in [1.165, 1.54) is 5.57 Å². The molecule has 0 saturated carbocycles. The van der Waals surface area contributed by atoms with Crippen LogP contribution in [0, 0.1) is 17.2 Å². The maximum atomic E-state index is 7.74. The minimum atomic E-state index is 0.310. The molecule has 0 aliphatic rings. The number of nitrogens with one attached hydrogen (secondary N) is 1. The number of rotatable bonds is 7. The van der Waals surface area contributed by atoms with Crippen molar-refractivity contribution in [2.45, 2.75) is 47.5 Å². The number of allylic oxidation sites excluding steroid dienone is 6. The van der Waals surface area contributed by atoms with Crippen molar-refractivity contribution in [1.29, 1.82) is 5.41 Å². The fourth-order valence-electron chi connectivity index (χ4n) is 1.45. The molecule has 0 aliphatic carbocycles. The monoisotopic (exact) mass is 233 g/mol. The standard InChI is InChI=1S/C16H27N/c1-6-7-8-10-15(13(2)3)11-9-12-16(17)14(4)5/h6-7,9,11-14,17H,8,10H2,1-5H3/b7-6-,12-9-,15-11+,17-16?. The lowest BCUT2D eigenvalue weighted by atomic mass is 9.97. The molecule has 0 unspecified atom stereocenters.